The first-order valence-electron chi connectivity index (χ1n) is 6.21. The minimum atomic E-state index is -0.516. The summed E-state index contributed by atoms with van der Waals surface area (Å²) < 4.78 is 13.0. The number of halogens is 1. The zero-order valence-electron chi connectivity index (χ0n) is 11.2. The number of benzene rings is 1. The van der Waals surface area contributed by atoms with Gasteiger partial charge < -0.3 is 10.0 Å². The summed E-state index contributed by atoms with van der Waals surface area (Å²) >= 11 is 1.47. The van der Waals surface area contributed by atoms with E-state index in [2.05, 4.69) is 4.98 Å². The van der Waals surface area contributed by atoms with Gasteiger partial charge in [-0.05, 0) is 45.0 Å². The van der Waals surface area contributed by atoms with E-state index in [1.54, 1.807) is 19.1 Å². The number of aliphatic hydroxyl groups excluding tert-OH is 1. The van der Waals surface area contributed by atoms with Crippen LogP contribution in [-0.4, -0.2) is 16.6 Å². The Bertz CT molecular complexity index is 551. The molecule has 0 aliphatic rings. The molecule has 0 saturated carbocycles. The van der Waals surface area contributed by atoms with Gasteiger partial charge in [0.15, 0.2) is 5.13 Å². The van der Waals surface area contributed by atoms with Crippen molar-refractivity contribution < 1.29 is 9.50 Å². The number of aliphatic hydroxyl groups is 1. The van der Waals surface area contributed by atoms with Gasteiger partial charge in [0.2, 0.25) is 0 Å². The van der Waals surface area contributed by atoms with Crippen molar-refractivity contribution in [2.24, 2.45) is 0 Å². The molecule has 3 nitrogen and oxygen atoms in total. The van der Waals surface area contributed by atoms with E-state index in [4.69, 9.17) is 0 Å². The maximum absolute atomic E-state index is 13.0. The molecule has 2 rings (SSSR count). The summed E-state index contributed by atoms with van der Waals surface area (Å²) in [6.45, 7) is 6.37. The normalized spacial score (nSPS) is 12.5. The Morgan fingerprint density at radius 1 is 1.37 bits per heavy atom. The zero-order chi connectivity index (χ0) is 14.0. The van der Waals surface area contributed by atoms with Gasteiger partial charge in [-0.1, -0.05) is 11.3 Å². The van der Waals surface area contributed by atoms with Crippen LogP contribution in [0.3, 0.4) is 0 Å². The Kier molecular flexibility index (Phi) is 4.17. The van der Waals surface area contributed by atoms with Crippen LogP contribution in [0, 0.1) is 12.7 Å². The summed E-state index contributed by atoms with van der Waals surface area (Å²) in [5.41, 5.74) is 1.74. The molecule has 19 heavy (non-hydrogen) atoms. The first-order valence-corrected chi connectivity index (χ1v) is 7.03. The van der Waals surface area contributed by atoms with Crippen LogP contribution in [-0.2, 0) is 0 Å². The first kappa shape index (κ1) is 14.0. The molecule has 0 amide bonds. The van der Waals surface area contributed by atoms with Gasteiger partial charge >= 0.3 is 0 Å². The van der Waals surface area contributed by atoms with Crippen molar-refractivity contribution in [1.29, 1.82) is 0 Å². The molecule has 1 aromatic carbocycles. The number of rotatable bonds is 4. The predicted molar refractivity (Wildman–Crippen MR) is 76.6 cm³/mol. The molecule has 102 valence electrons. The van der Waals surface area contributed by atoms with Crippen LogP contribution in [0.15, 0.2) is 24.3 Å². The van der Waals surface area contributed by atoms with E-state index in [9.17, 15) is 9.50 Å². The third-order valence-corrected chi connectivity index (χ3v) is 4.24. The van der Waals surface area contributed by atoms with Crippen LogP contribution in [0.4, 0.5) is 15.2 Å². The van der Waals surface area contributed by atoms with Crippen LogP contribution in [0.2, 0.25) is 0 Å². The first-order chi connectivity index (χ1) is 9.02. The molecule has 1 unspecified atom stereocenters. The highest BCUT2D eigenvalue weighted by Crippen LogP contribution is 2.34. The third kappa shape index (κ3) is 2.93. The highest BCUT2D eigenvalue weighted by Gasteiger charge is 2.17. The fraction of sp³-hybridized carbons (Fsp3) is 0.357. The van der Waals surface area contributed by atoms with Crippen molar-refractivity contribution >= 4 is 22.2 Å². The van der Waals surface area contributed by atoms with E-state index in [0.717, 1.165) is 27.9 Å². The molecule has 1 aromatic heterocycles. The smallest absolute Gasteiger partial charge is 0.190 e. The van der Waals surface area contributed by atoms with Crippen molar-refractivity contribution in [3.63, 3.8) is 0 Å². The molecular weight excluding hydrogens is 263 g/mol. The Labute approximate surface area is 116 Å². The van der Waals surface area contributed by atoms with Gasteiger partial charge in [0.1, 0.15) is 5.82 Å². The van der Waals surface area contributed by atoms with Crippen molar-refractivity contribution in [1.82, 2.24) is 4.98 Å². The molecule has 0 spiro atoms. The van der Waals surface area contributed by atoms with Gasteiger partial charge in [-0.15, -0.1) is 0 Å². The summed E-state index contributed by atoms with van der Waals surface area (Å²) in [5, 5.41) is 10.5. The Hall–Kier alpha value is -1.46. The molecule has 1 atom stereocenters. The minimum Gasteiger partial charge on any atom is -0.388 e. The second-order valence-corrected chi connectivity index (χ2v) is 5.35. The standard InChI is InChI=1S/C14H17FN2OS/c1-4-17(12-7-5-11(15)6-8-12)14-16-9(2)13(19-14)10(3)18/h5-8,10,18H,4H2,1-3H3. The van der Waals surface area contributed by atoms with Gasteiger partial charge in [0.05, 0.1) is 16.7 Å². The second-order valence-electron chi connectivity index (χ2n) is 4.34. The largest absolute Gasteiger partial charge is 0.388 e. The summed E-state index contributed by atoms with van der Waals surface area (Å²) in [7, 11) is 0. The summed E-state index contributed by atoms with van der Waals surface area (Å²) in [6.07, 6.45) is -0.516. The molecular formula is C14H17FN2OS. The number of hydrogen-bond acceptors (Lipinski definition) is 4. The minimum absolute atomic E-state index is 0.250. The molecule has 0 fully saturated rings. The monoisotopic (exact) mass is 280 g/mol. The lowest BCUT2D eigenvalue weighted by molar-refractivity contribution is 0.202. The van der Waals surface area contributed by atoms with Crippen molar-refractivity contribution in [3.05, 3.63) is 40.7 Å². The van der Waals surface area contributed by atoms with Gasteiger partial charge in [0.25, 0.3) is 0 Å². The fourth-order valence-corrected chi connectivity index (χ4v) is 3.03. The average molecular weight is 280 g/mol. The Morgan fingerprint density at radius 3 is 2.47 bits per heavy atom. The topological polar surface area (TPSA) is 36.4 Å². The van der Waals surface area contributed by atoms with Gasteiger partial charge in [0, 0.05) is 12.2 Å². The highest BCUT2D eigenvalue weighted by atomic mass is 32.1. The molecule has 0 radical (unpaired) electrons. The summed E-state index contributed by atoms with van der Waals surface area (Å²) in [4.78, 5) is 7.37. The van der Waals surface area contributed by atoms with Crippen molar-refractivity contribution in [2.45, 2.75) is 26.9 Å². The maximum atomic E-state index is 13.0. The molecule has 1 heterocycles. The van der Waals surface area contributed by atoms with Crippen LogP contribution in [0.5, 0.6) is 0 Å². The van der Waals surface area contributed by atoms with E-state index in [0.29, 0.717) is 0 Å². The molecule has 0 aliphatic heterocycles. The van der Waals surface area contributed by atoms with E-state index in [1.165, 1.54) is 23.5 Å². The lowest BCUT2D eigenvalue weighted by Crippen LogP contribution is -2.15. The zero-order valence-corrected chi connectivity index (χ0v) is 12.0. The second kappa shape index (κ2) is 5.67. The van der Waals surface area contributed by atoms with Crippen molar-refractivity contribution in [3.8, 4) is 0 Å². The summed E-state index contributed by atoms with van der Waals surface area (Å²) in [5.74, 6) is -0.250. The van der Waals surface area contributed by atoms with Gasteiger partial charge in [-0.2, -0.15) is 0 Å². The van der Waals surface area contributed by atoms with Crippen LogP contribution >= 0.6 is 11.3 Å². The van der Waals surface area contributed by atoms with E-state index in [1.807, 2.05) is 18.7 Å². The Morgan fingerprint density at radius 2 is 2.00 bits per heavy atom. The average Bonchev–Trinajstić information content (AvgIpc) is 2.75. The number of aromatic nitrogens is 1. The van der Waals surface area contributed by atoms with E-state index in [-0.39, 0.29) is 5.82 Å². The summed E-state index contributed by atoms with van der Waals surface area (Å²) in [6, 6.07) is 6.34. The highest BCUT2D eigenvalue weighted by molar-refractivity contribution is 7.15. The van der Waals surface area contributed by atoms with E-state index >= 15 is 0 Å². The molecule has 0 bridgehead atoms. The Balaban J connectivity index is 2.37. The van der Waals surface area contributed by atoms with Gasteiger partial charge in [-0.25, -0.2) is 9.37 Å². The number of anilines is 2. The predicted octanol–water partition coefficient (Wildman–Crippen LogP) is 3.80. The van der Waals surface area contributed by atoms with Crippen LogP contribution < -0.4 is 4.90 Å². The molecule has 0 aliphatic carbocycles. The van der Waals surface area contributed by atoms with Crippen LogP contribution in [0.1, 0.15) is 30.5 Å². The third-order valence-electron chi connectivity index (χ3n) is 2.89. The lowest BCUT2D eigenvalue weighted by atomic mass is 10.3. The maximum Gasteiger partial charge on any atom is 0.190 e. The number of aryl methyl sites for hydroxylation is 1. The SMILES string of the molecule is CCN(c1ccc(F)cc1)c1nc(C)c(C(C)O)s1. The van der Waals surface area contributed by atoms with Crippen molar-refractivity contribution in [2.75, 3.05) is 11.4 Å². The number of nitrogens with zero attached hydrogens (tertiary/aromatic N) is 2. The molecule has 0 saturated heterocycles. The van der Waals surface area contributed by atoms with Crippen LogP contribution in [0.25, 0.3) is 0 Å². The fourth-order valence-electron chi connectivity index (χ4n) is 1.95. The molecule has 1 N–H and O–H groups in total. The number of thiazole rings is 1. The molecule has 2 aromatic rings. The van der Waals surface area contributed by atoms with E-state index < -0.39 is 6.10 Å². The molecule has 5 heteroatoms. The number of hydrogen-bond donors (Lipinski definition) is 1. The van der Waals surface area contributed by atoms with Gasteiger partial charge in [-0.3, -0.25) is 0 Å². The quantitative estimate of drug-likeness (QED) is 0.925. The lowest BCUT2D eigenvalue weighted by Gasteiger charge is -2.19.